The van der Waals surface area contributed by atoms with Gasteiger partial charge < -0.3 is 19.9 Å². The molecule has 8 heteroatoms. The molecular weight excluding hydrogens is 346 g/mol. The van der Waals surface area contributed by atoms with Crippen LogP contribution in [-0.2, 0) is 4.74 Å². The van der Waals surface area contributed by atoms with Crippen molar-refractivity contribution in [2.75, 3.05) is 32.6 Å². The Balaban J connectivity index is 2.04. The van der Waals surface area contributed by atoms with E-state index < -0.39 is 0 Å². The largest absolute Gasteiger partial charge is 0.385 e. The van der Waals surface area contributed by atoms with Gasteiger partial charge in [0.2, 0.25) is 11.4 Å². The van der Waals surface area contributed by atoms with Crippen LogP contribution in [0.2, 0.25) is 0 Å². The molecule has 2 N–H and O–H groups in total. The number of carbonyl (C=O) groups is 1. The number of fused-ring (bicyclic) bond motifs is 1. The highest BCUT2D eigenvalue weighted by Crippen LogP contribution is 2.30. The van der Waals surface area contributed by atoms with E-state index >= 15 is 0 Å². The molecule has 2 heterocycles. The van der Waals surface area contributed by atoms with Gasteiger partial charge in [-0.05, 0) is 19.3 Å². The highest BCUT2D eigenvalue weighted by atomic mass is 16.5. The van der Waals surface area contributed by atoms with Crippen molar-refractivity contribution in [2.45, 2.75) is 44.6 Å². The molecule has 1 aliphatic carbocycles. The second-order valence-electron chi connectivity index (χ2n) is 6.85. The van der Waals surface area contributed by atoms with Crippen molar-refractivity contribution in [2.24, 2.45) is 0 Å². The van der Waals surface area contributed by atoms with Gasteiger partial charge in [-0.2, -0.15) is 4.98 Å². The molecule has 146 valence electrons. The molecule has 0 spiro atoms. The maximum atomic E-state index is 12.8. The summed E-state index contributed by atoms with van der Waals surface area (Å²) in [6.45, 7) is 1.34. The first kappa shape index (κ1) is 19.3. The molecule has 0 unspecified atom stereocenters. The number of anilines is 1. The first-order chi connectivity index (χ1) is 13.2. The molecule has 1 fully saturated rings. The first-order valence-electron chi connectivity index (χ1n) is 9.52. The molecule has 1 amide bonds. The van der Waals surface area contributed by atoms with E-state index in [0.717, 1.165) is 32.1 Å². The van der Waals surface area contributed by atoms with Crippen LogP contribution in [0.25, 0.3) is 11.0 Å². The van der Waals surface area contributed by atoms with Gasteiger partial charge in [0.1, 0.15) is 11.2 Å². The minimum absolute atomic E-state index is 0.139. The molecule has 1 aliphatic rings. The monoisotopic (exact) mass is 373 g/mol. The maximum Gasteiger partial charge on any atom is 0.256 e. The number of nitrogens with one attached hydrogen (secondary N) is 2. The van der Waals surface area contributed by atoms with E-state index in [1.54, 1.807) is 13.3 Å². The summed E-state index contributed by atoms with van der Waals surface area (Å²) in [5.41, 5.74) is 0.395. The lowest BCUT2D eigenvalue weighted by molar-refractivity contribution is 0.0961. The highest BCUT2D eigenvalue weighted by Gasteiger charge is 2.22. The lowest BCUT2D eigenvalue weighted by Crippen LogP contribution is -2.29. The third-order valence-corrected chi connectivity index (χ3v) is 5.02. The predicted octanol–water partition coefficient (Wildman–Crippen LogP) is 2.10. The predicted molar refractivity (Wildman–Crippen MR) is 104 cm³/mol. The molecule has 1 saturated carbocycles. The fraction of sp³-hybridized carbons (Fsp3) is 0.579. The van der Waals surface area contributed by atoms with Crippen LogP contribution in [-0.4, -0.2) is 47.8 Å². The van der Waals surface area contributed by atoms with Crippen molar-refractivity contribution in [1.82, 2.24) is 19.9 Å². The number of aromatic nitrogens is 3. The molecule has 0 aliphatic heterocycles. The Hall–Kier alpha value is -2.48. The van der Waals surface area contributed by atoms with Crippen LogP contribution in [0.3, 0.4) is 0 Å². The SMILES string of the molecule is CNC(=O)c1cn(C2CCCCC2)c2nc(NCCCOC)ncc2c1=O. The Kier molecular flexibility index (Phi) is 6.39. The third-order valence-electron chi connectivity index (χ3n) is 5.02. The van der Waals surface area contributed by atoms with Crippen molar-refractivity contribution in [3.8, 4) is 0 Å². The van der Waals surface area contributed by atoms with Gasteiger partial charge in [0.25, 0.3) is 5.91 Å². The van der Waals surface area contributed by atoms with Crippen molar-refractivity contribution in [3.05, 3.63) is 28.2 Å². The second-order valence-corrected chi connectivity index (χ2v) is 6.85. The molecule has 27 heavy (non-hydrogen) atoms. The second kappa shape index (κ2) is 8.94. The van der Waals surface area contributed by atoms with E-state index in [1.807, 2.05) is 4.57 Å². The van der Waals surface area contributed by atoms with Crippen molar-refractivity contribution < 1.29 is 9.53 Å². The summed E-state index contributed by atoms with van der Waals surface area (Å²) < 4.78 is 7.05. The topological polar surface area (TPSA) is 98.1 Å². The minimum atomic E-state index is -0.381. The Morgan fingerprint density at radius 3 is 2.81 bits per heavy atom. The van der Waals surface area contributed by atoms with Crippen LogP contribution in [0.4, 0.5) is 5.95 Å². The normalized spacial score (nSPS) is 15.0. The minimum Gasteiger partial charge on any atom is -0.385 e. The van der Waals surface area contributed by atoms with E-state index in [-0.39, 0.29) is 22.9 Å². The number of pyridine rings is 1. The number of amides is 1. The van der Waals surface area contributed by atoms with Gasteiger partial charge in [-0.3, -0.25) is 9.59 Å². The number of ether oxygens (including phenoxy) is 1. The lowest BCUT2D eigenvalue weighted by atomic mass is 9.95. The van der Waals surface area contributed by atoms with Gasteiger partial charge in [-0.25, -0.2) is 4.98 Å². The number of carbonyl (C=O) groups excluding carboxylic acids is 1. The Bertz CT molecular complexity index is 858. The Labute approximate surface area is 158 Å². The van der Waals surface area contributed by atoms with Gasteiger partial charge in [-0.1, -0.05) is 19.3 Å². The fourth-order valence-electron chi connectivity index (χ4n) is 3.57. The fourth-order valence-corrected chi connectivity index (χ4v) is 3.57. The van der Waals surface area contributed by atoms with Crippen LogP contribution in [0.1, 0.15) is 54.9 Å². The van der Waals surface area contributed by atoms with Gasteiger partial charge in [-0.15, -0.1) is 0 Å². The van der Waals surface area contributed by atoms with E-state index in [4.69, 9.17) is 4.74 Å². The van der Waals surface area contributed by atoms with Crippen LogP contribution in [0.15, 0.2) is 17.2 Å². The average Bonchev–Trinajstić information content (AvgIpc) is 2.71. The smallest absolute Gasteiger partial charge is 0.256 e. The summed E-state index contributed by atoms with van der Waals surface area (Å²) in [6, 6.07) is 0.237. The van der Waals surface area contributed by atoms with Crippen molar-refractivity contribution >= 4 is 22.9 Å². The van der Waals surface area contributed by atoms with Crippen LogP contribution in [0.5, 0.6) is 0 Å². The van der Waals surface area contributed by atoms with Gasteiger partial charge in [0.05, 0.1) is 5.39 Å². The zero-order chi connectivity index (χ0) is 19.2. The standard InChI is InChI=1S/C19H27N5O3/c1-20-18(26)15-12-24(13-7-4-3-5-8-13)17-14(16(15)25)11-22-19(23-17)21-9-6-10-27-2/h11-13H,3-10H2,1-2H3,(H,20,26)(H,21,22,23). The Morgan fingerprint density at radius 2 is 2.11 bits per heavy atom. The quantitative estimate of drug-likeness (QED) is 0.721. The third kappa shape index (κ3) is 4.27. The zero-order valence-corrected chi connectivity index (χ0v) is 16.0. The average molecular weight is 373 g/mol. The van der Waals surface area contributed by atoms with E-state index in [1.165, 1.54) is 19.7 Å². The lowest BCUT2D eigenvalue weighted by Gasteiger charge is -2.26. The molecule has 2 aromatic rings. The summed E-state index contributed by atoms with van der Waals surface area (Å²) in [5.74, 6) is 0.100. The van der Waals surface area contributed by atoms with E-state index in [0.29, 0.717) is 30.1 Å². The Morgan fingerprint density at radius 1 is 1.33 bits per heavy atom. The molecule has 2 aromatic heterocycles. The molecular formula is C19H27N5O3. The van der Waals surface area contributed by atoms with Crippen LogP contribution >= 0.6 is 0 Å². The highest BCUT2D eigenvalue weighted by molar-refractivity contribution is 5.96. The molecule has 0 bridgehead atoms. The summed E-state index contributed by atoms with van der Waals surface area (Å²) in [4.78, 5) is 33.8. The molecule has 0 aromatic carbocycles. The van der Waals surface area contributed by atoms with E-state index in [9.17, 15) is 9.59 Å². The van der Waals surface area contributed by atoms with Gasteiger partial charge in [0.15, 0.2) is 0 Å². The van der Waals surface area contributed by atoms with Crippen molar-refractivity contribution in [1.29, 1.82) is 0 Å². The van der Waals surface area contributed by atoms with Gasteiger partial charge >= 0.3 is 0 Å². The summed E-state index contributed by atoms with van der Waals surface area (Å²) in [5, 5.41) is 6.10. The number of hydrogen-bond acceptors (Lipinski definition) is 6. The molecule has 3 rings (SSSR count). The molecule has 8 nitrogen and oxygen atoms in total. The van der Waals surface area contributed by atoms with E-state index in [2.05, 4.69) is 20.6 Å². The summed E-state index contributed by atoms with van der Waals surface area (Å²) in [7, 11) is 3.19. The van der Waals surface area contributed by atoms with Crippen LogP contribution in [0, 0.1) is 0 Å². The van der Waals surface area contributed by atoms with Crippen LogP contribution < -0.4 is 16.1 Å². The number of methoxy groups -OCH3 is 1. The molecule has 0 radical (unpaired) electrons. The number of rotatable bonds is 7. The number of nitrogens with zero attached hydrogens (tertiary/aromatic N) is 3. The molecule has 0 saturated heterocycles. The zero-order valence-electron chi connectivity index (χ0n) is 16.0. The maximum absolute atomic E-state index is 12.8. The van der Waals surface area contributed by atoms with Crippen molar-refractivity contribution in [3.63, 3.8) is 0 Å². The summed E-state index contributed by atoms with van der Waals surface area (Å²) >= 11 is 0. The first-order valence-corrected chi connectivity index (χ1v) is 9.52. The number of hydrogen-bond donors (Lipinski definition) is 2. The van der Waals surface area contributed by atoms with Gasteiger partial charge in [0, 0.05) is 45.7 Å². The summed E-state index contributed by atoms with van der Waals surface area (Å²) in [6.07, 6.45) is 9.57. The molecule has 0 atom stereocenters.